The lowest BCUT2D eigenvalue weighted by atomic mass is 9.49. The first-order valence-corrected chi connectivity index (χ1v) is 19.4. The number of furan rings is 2. The van der Waals surface area contributed by atoms with Gasteiger partial charge in [-0.1, -0.05) is 64.5 Å². The van der Waals surface area contributed by atoms with E-state index < -0.39 is 14.0 Å². The number of rotatable bonds is 2. The van der Waals surface area contributed by atoms with Gasteiger partial charge in [-0.3, -0.25) is 0 Å². The van der Waals surface area contributed by atoms with E-state index >= 15 is 0 Å². The first-order valence-electron chi connectivity index (χ1n) is 18.6. The van der Waals surface area contributed by atoms with Gasteiger partial charge in [-0.05, 0) is 125 Å². The lowest BCUT2D eigenvalue weighted by molar-refractivity contribution is 0.00578. The van der Waals surface area contributed by atoms with Gasteiger partial charge in [-0.2, -0.15) is 0 Å². The number of benzene rings is 4. The van der Waals surface area contributed by atoms with E-state index in [1.54, 1.807) is 0 Å². The van der Waals surface area contributed by atoms with Crippen LogP contribution in [0.2, 0.25) is 0 Å². The van der Waals surface area contributed by atoms with Crippen molar-refractivity contribution < 1.29 is 36.8 Å². The maximum atomic E-state index is 6.13. The number of fused-ring (bicyclic) bond motifs is 6. The van der Waals surface area contributed by atoms with Gasteiger partial charge in [-0.15, -0.1) is 0 Å². The van der Waals surface area contributed by atoms with Crippen LogP contribution >= 0.6 is 15.9 Å². The van der Waals surface area contributed by atoms with Crippen LogP contribution in [0, 0.1) is 0 Å². The van der Waals surface area contributed by atoms with Crippen molar-refractivity contribution in [3.05, 3.63) is 89.4 Å². The molecule has 8 nitrogen and oxygen atoms in total. The third-order valence-electron chi connectivity index (χ3n) is 12.0. The van der Waals surface area contributed by atoms with Gasteiger partial charge in [0.25, 0.3) is 0 Å². The minimum atomic E-state index is -0.476. The van der Waals surface area contributed by atoms with Gasteiger partial charge in [0, 0.05) is 34.4 Å². The molecule has 3 radical (unpaired) electrons. The Morgan fingerprint density at radius 1 is 0.400 bits per heavy atom. The van der Waals surface area contributed by atoms with Crippen LogP contribution in [-0.2, 0) is 27.9 Å². The summed E-state index contributed by atoms with van der Waals surface area (Å²) in [6, 6.07) is 28.4. The SMILES string of the molecule is Brc1ccc2oc3ccccc3c2c1.CC1(C)OB(B2OC(C)(C)C(C)(C)O2)OC1(C)C.CC1(C)OB(c2ccc3oc4ccccc4c3c2)OC1(C)C.[B]. The summed E-state index contributed by atoms with van der Waals surface area (Å²) in [7, 11) is -1.30. The van der Waals surface area contributed by atoms with Crippen molar-refractivity contribution >= 4 is 94.8 Å². The average molecular weight is 806 g/mol. The summed E-state index contributed by atoms with van der Waals surface area (Å²) in [5.74, 6) is 0. The largest absolute Gasteiger partial charge is 0.494 e. The maximum absolute atomic E-state index is 6.13. The van der Waals surface area contributed by atoms with Gasteiger partial charge >= 0.3 is 21.1 Å². The molecule has 0 atom stereocenters. The first-order chi connectivity index (χ1) is 25.1. The molecule has 0 aliphatic carbocycles. The molecule has 13 heteroatoms. The highest BCUT2D eigenvalue weighted by molar-refractivity contribution is 9.10. The van der Waals surface area contributed by atoms with E-state index in [1.165, 1.54) is 5.39 Å². The summed E-state index contributed by atoms with van der Waals surface area (Å²) in [6.07, 6.45) is 0. The molecule has 55 heavy (non-hydrogen) atoms. The lowest BCUT2D eigenvalue weighted by Crippen LogP contribution is -2.41. The van der Waals surface area contributed by atoms with Gasteiger partial charge in [0.15, 0.2) is 0 Å². The van der Waals surface area contributed by atoms with Crippen molar-refractivity contribution in [1.82, 2.24) is 0 Å². The van der Waals surface area contributed by atoms with Crippen molar-refractivity contribution in [3.8, 4) is 0 Å². The van der Waals surface area contributed by atoms with E-state index in [-0.39, 0.29) is 49.1 Å². The van der Waals surface area contributed by atoms with Crippen LogP contribution in [0.4, 0.5) is 0 Å². The topological polar surface area (TPSA) is 81.7 Å². The van der Waals surface area contributed by atoms with Crippen LogP contribution in [0.25, 0.3) is 43.9 Å². The Hall–Kier alpha value is -3.02. The number of hydrogen-bond acceptors (Lipinski definition) is 8. The van der Waals surface area contributed by atoms with Crippen LogP contribution in [0.15, 0.2) is 98.2 Å². The van der Waals surface area contributed by atoms with Gasteiger partial charge in [0.05, 0.1) is 33.6 Å². The zero-order valence-electron chi connectivity index (χ0n) is 34.0. The molecular formula is C42H50B4BrO8. The third kappa shape index (κ3) is 7.71. The molecule has 9 rings (SSSR count). The van der Waals surface area contributed by atoms with Gasteiger partial charge in [0.2, 0.25) is 0 Å². The first kappa shape index (κ1) is 41.6. The minimum Gasteiger partial charge on any atom is -0.456 e. The van der Waals surface area contributed by atoms with Crippen molar-refractivity contribution in [2.24, 2.45) is 0 Å². The third-order valence-corrected chi connectivity index (χ3v) is 12.5. The van der Waals surface area contributed by atoms with Crippen molar-refractivity contribution in [2.75, 3.05) is 0 Å². The predicted octanol–water partition coefficient (Wildman–Crippen LogP) is 10.1. The zero-order valence-corrected chi connectivity index (χ0v) is 35.6. The maximum Gasteiger partial charge on any atom is 0.494 e. The minimum absolute atomic E-state index is 0. The summed E-state index contributed by atoms with van der Waals surface area (Å²) < 4.78 is 48.8. The molecule has 3 saturated heterocycles. The van der Waals surface area contributed by atoms with E-state index in [0.717, 1.165) is 48.4 Å². The fourth-order valence-electron chi connectivity index (χ4n) is 6.57. The van der Waals surface area contributed by atoms with E-state index in [2.05, 4.69) is 67.9 Å². The highest BCUT2D eigenvalue weighted by Crippen LogP contribution is 2.43. The second-order valence-corrected chi connectivity index (χ2v) is 18.3. The van der Waals surface area contributed by atoms with Crippen LogP contribution < -0.4 is 5.46 Å². The standard InChI is InChI=1S/C18H19BO3.C12H24B2O4.C12H7BrO.B/c1-17(2)18(3,4)22-19(21-17)12-9-10-16-14(11-12)13-7-5-6-8-15(13)20-16;1-9(2)10(3,4)16-13(15-9)14-17-11(5,6)12(7,8)18-14;13-8-5-6-12-10(7-8)9-3-1-2-4-11(9)14-12;/h5-11H,1-4H3;1-8H3;1-7H;. The molecule has 0 N–H and O–H groups in total. The fraction of sp³-hybridized carbons (Fsp3) is 0.429. The second kappa shape index (κ2) is 14.4. The number of halogens is 1. The monoisotopic (exact) mass is 805 g/mol. The van der Waals surface area contributed by atoms with E-state index in [1.807, 2.05) is 116 Å². The molecule has 0 unspecified atom stereocenters. The van der Waals surface area contributed by atoms with Gasteiger partial charge < -0.3 is 36.8 Å². The zero-order chi connectivity index (χ0) is 39.1. The molecule has 285 valence electrons. The van der Waals surface area contributed by atoms with Crippen LogP contribution in [0.5, 0.6) is 0 Å². The summed E-state index contributed by atoms with van der Waals surface area (Å²) in [6.45, 7) is 24.5. The fourth-order valence-corrected chi connectivity index (χ4v) is 6.93. The summed E-state index contributed by atoms with van der Waals surface area (Å²) in [5.41, 5.74) is 2.61. The Labute approximate surface area is 336 Å². The molecule has 2 aromatic heterocycles. The molecule has 3 aliphatic heterocycles. The summed E-state index contributed by atoms with van der Waals surface area (Å²) in [4.78, 5) is 0. The van der Waals surface area contributed by atoms with E-state index in [9.17, 15) is 0 Å². The van der Waals surface area contributed by atoms with Gasteiger partial charge in [-0.25, -0.2) is 0 Å². The quantitative estimate of drug-likeness (QED) is 0.160. The van der Waals surface area contributed by atoms with Crippen molar-refractivity contribution in [2.45, 2.75) is 117 Å². The normalized spacial score (nSPS) is 21.4. The summed E-state index contributed by atoms with van der Waals surface area (Å²) in [5, 5.41) is 4.55. The molecule has 0 amide bonds. The van der Waals surface area contributed by atoms with Gasteiger partial charge in [0.1, 0.15) is 22.3 Å². The Morgan fingerprint density at radius 2 is 0.745 bits per heavy atom. The molecular weight excluding hydrogens is 756 g/mol. The summed E-state index contributed by atoms with van der Waals surface area (Å²) >= 11 is 3.46. The molecule has 0 spiro atoms. The second-order valence-electron chi connectivity index (χ2n) is 17.4. The molecule has 0 saturated carbocycles. The smallest absolute Gasteiger partial charge is 0.456 e. The highest BCUT2D eigenvalue weighted by atomic mass is 79.9. The molecule has 4 aromatic carbocycles. The van der Waals surface area contributed by atoms with Crippen LogP contribution in [0.3, 0.4) is 0 Å². The van der Waals surface area contributed by atoms with Crippen molar-refractivity contribution in [1.29, 1.82) is 0 Å². The van der Waals surface area contributed by atoms with E-state index in [4.69, 9.17) is 36.8 Å². The van der Waals surface area contributed by atoms with E-state index in [0.29, 0.717) is 0 Å². The Morgan fingerprint density at radius 3 is 1.18 bits per heavy atom. The molecule has 3 aliphatic rings. The van der Waals surface area contributed by atoms with Crippen LogP contribution in [-0.4, -0.2) is 63.2 Å². The molecule has 0 bridgehead atoms. The Bertz CT molecular complexity index is 2250. The Balaban J connectivity index is 0.000000142. The number of para-hydroxylation sites is 2. The lowest BCUT2D eigenvalue weighted by Gasteiger charge is -2.32. The number of hydrogen-bond donors (Lipinski definition) is 0. The predicted molar refractivity (Wildman–Crippen MR) is 229 cm³/mol. The Kier molecular flexibility index (Phi) is 10.9. The molecule has 5 heterocycles. The van der Waals surface area contributed by atoms with Crippen molar-refractivity contribution in [3.63, 3.8) is 0 Å². The highest BCUT2D eigenvalue weighted by Gasteiger charge is 2.63. The van der Waals surface area contributed by atoms with Crippen LogP contribution in [0.1, 0.15) is 83.1 Å². The molecule has 3 fully saturated rings. The molecule has 6 aromatic rings. The average Bonchev–Trinajstić information content (AvgIpc) is 3.81.